The Labute approximate surface area is 127 Å². The van der Waals surface area contributed by atoms with Gasteiger partial charge in [0.05, 0.1) is 13.0 Å². The van der Waals surface area contributed by atoms with E-state index in [0.29, 0.717) is 22.3 Å². The second-order valence-corrected chi connectivity index (χ2v) is 4.94. The van der Waals surface area contributed by atoms with Gasteiger partial charge in [0.15, 0.2) is 0 Å². The minimum atomic E-state index is -0.354. The number of rotatable bonds is 5. The number of carbonyl (C=O) groups excluding carboxylic acids is 2. The Morgan fingerprint density at radius 1 is 1.25 bits per heavy atom. The Bertz CT molecular complexity index is 474. The topological polar surface area (TPSA) is 58.6 Å². The summed E-state index contributed by atoms with van der Waals surface area (Å²) in [5.41, 5.74) is 0.496. The van der Waals surface area contributed by atoms with Gasteiger partial charge in [-0.3, -0.25) is 4.79 Å². The molecule has 0 unspecified atom stereocenters. The molecule has 5 nitrogen and oxygen atoms in total. The van der Waals surface area contributed by atoms with Gasteiger partial charge in [-0.05, 0) is 25.1 Å². The molecule has 1 rings (SSSR count). The zero-order chi connectivity index (χ0) is 15.1. The molecule has 1 aromatic rings. The molecule has 2 amide bonds. The van der Waals surface area contributed by atoms with Gasteiger partial charge in [0, 0.05) is 29.3 Å². The van der Waals surface area contributed by atoms with Crippen LogP contribution >= 0.6 is 23.2 Å². The fourth-order valence-electron chi connectivity index (χ4n) is 1.44. The zero-order valence-electron chi connectivity index (χ0n) is 11.3. The minimum Gasteiger partial charge on any atom is -0.466 e. The third-order valence-corrected chi connectivity index (χ3v) is 2.85. The van der Waals surface area contributed by atoms with Crippen molar-refractivity contribution in [2.45, 2.75) is 13.3 Å². The maximum Gasteiger partial charge on any atom is 0.321 e. The molecule has 0 saturated carbocycles. The SMILES string of the molecule is CCOC(=O)CCN(C)C(=O)Nc1cc(Cl)cc(Cl)c1. The highest BCUT2D eigenvalue weighted by Gasteiger charge is 2.11. The molecular formula is C13H16Cl2N2O3. The maximum atomic E-state index is 11.9. The molecule has 0 aliphatic rings. The third-order valence-electron chi connectivity index (χ3n) is 2.42. The first-order valence-corrected chi connectivity index (χ1v) is 6.81. The molecule has 0 heterocycles. The number of urea groups is 1. The number of hydrogen-bond acceptors (Lipinski definition) is 3. The van der Waals surface area contributed by atoms with Gasteiger partial charge < -0.3 is 15.0 Å². The summed E-state index contributed by atoms with van der Waals surface area (Å²) in [4.78, 5) is 24.5. The van der Waals surface area contributed by atoms with Crippen molar-refractivity contribution in [1.82, 2.24) is 4.90 Å². The van der Waals surface area contributed by atoms with Gasteiger partial charge in [-0.25, -0.2) is 4.79 Å². The van der Waals surface area contributed by atoms with E-state index in [1.165, 1.54) is 4.90 Å². The average Bonchev–Trinajstić information content (AvgIpc) is 2.34. The van der Waals surface area contributed by atoms with Gasteiger partial charge in [-0.1, -0.05) is 23.2 Å². The van der Waals surface area contributed by atoms with Crippen LogP contribution in [0.5, 0.6) is 0 Å². The minimum absolute atomic E-state index is 0.147. The van der Waals surface area contributed by atoms with Crippen LogP contribution in [0.2, 0.25) is 10.0 Å². The van der Waals surface area contributed by atoms with Crippen molar-refractivity contribution in [3.05, 3.63) is 28.2 Å². The van der Waals surface area contributed by atoms with Gasteiger partial charge in [0.25, 0.3) is 0 Å². The zero-order valence-corrected chi connectivity index (χ0v) is 12.8. The van der Waals surface area contributed by atoms with Crippen molar-refractivity contribution in [3.8, 4) is 0 Å². The Kier molecular flexibility index (Phi) is 6.61. The first kappa shape index (κ1) is 16.6. The van der Waals surface area contributed by atoms with Crippen molar-refractivity contribution in [1.29, 1.82) is 0 Å². The summed E-state index contributed by atoms with van der Waals surface area (Å²) in [6.07, 6.45) is 0.147. The Hall–Kier alpha value is -1.46. The monoisotopic (exact) mass is 318 g/mol. The number of amides is 2. The molecular weight excluding hydrogens is 303 g/mol. The predicted octanol–water partition coefficient (Wildman–Crippen LogP) is 3.41. The standard InChI is InChI=1S/C13H16Cl2N2O3/c1-3-20-12(18)4-5-17(2)13(19)16-11-7-9(14)6-10(15)8-11/h6-8H,3-5H2,1-2H3,(H,16,19). The smallest absolute Gasteiger partial charge is 0.321 e. The van der Waals surface area contributed by atoms with Crippen LogP contribution in [0.1, 0.15) is 13.3 Å². The van der Waals surface area contributed by atoms with Crippen LogP contribution in [0.3, 0.4) is 0 Å². The van der Waals surface area contributed by atoms with Crippen LogP contribution in [0, 0.1) is 0 Å². The highest BCUT2D eigenvalue weighted by molar-refractivity contribution is 6.35. The summed E-state index contributed by atoms with van der Waals surface area (Å²) in [5.74, 6) is -0.335. The molecule has 0 spiro atoms. The van der Waals surface area contributed by atoms with Gasteiger partial charge in [0.2, 0.25) is 0 Å². The van der Waals surface area contributed by atoms with E-state index in [1.54, 1.807) is 32.2 Å². The first-order chi connectivity index (χ1) is 9.42. The number of nitrogens with one attached hydrogen (secondary N) is 1. The number of carbonyl (C=O) groups is 2. The molecule has 7 heteroatoms. The Balaban J connectivity index is 2.51. The van der Waals surface area contributed by atoms with Crippen LogP contribution in [0.25, 0.3) is 0 Å². The average molecular weight is 319 g/mol. The van der Waals surface area contributed by atoms with Gasteiger partial charge in [0.1, 0.15) is 0 Å². The summed E-state index contributed by atoms with van der Waals surface area (Å²) < 4.78 is 4.79. The van der Waals surface area contributed by atoms with Crippen molar-refractivity contribution in [2.75, 3.05) is 25.5 Å². The Morgan fingerprint density at radius 2 is 1.85 bits per heavy atom. The van der Waals surface area contributed by atoms with Crippen LogP contribution < -0.4 is 5.32 Å². The van der Waals surface area contributed by atoms with E-state index in [1.807, 2.05) is 0 Å². The highest BCUT2D eigenvalue weighted by Crippen LogP contribution is 2.22. The number of anilines is 1. The molecule has 0 aromatic heterocycles. The van der Waals surface area contributed by atoms with E-state index in [9.17, 15) is 9.59 Å². The van der Waals surface area contributed by atoms with Crippen LogP contribution in [0.15, 0.2) is 18.2 Å². The lowest BCUT2D eigenvalue weighted by Crippen LogP contribution is -2.33. The molecule has 0 radical (unpaired) electrons. The summed E-state index contributed by atoms with van der Waals surface area (Å²) >= 11 is 11.7. The van der Waals surface area contributed by atoms with Crippen molar-refractivity contribution in [2.24, 2.45) is 0 Å². The van der Waals surface area contributed by atoms with Crippen LogP contribution in [-0.2, 0) is 9.53 Å². The lowest BCUT2D eigenvalue weighted by atomic mass is 10.3. The normalized spacial score (nSPS) is 10.0. The fourth-order valence-corrected chi connectivity index (χ4v) is 1.96. The molecule has 0 aliphatic carbocycles. The second-order valence-electron chi connectivity index (χ2n) is 4.06. The number of ether oxygens (including phenoxy) is 1. The lowest BCUT2D eigenvalue weighted by Gasteiger charge is -2.17. The number of benzene rings is 1. The second kappa shape index (κ2) is 7.97. The van der Waals surface area contributed by atoms with Gasteiger partial charge in [-0.2, -0.15) is 0 Å². The molecule has 1 N–H and O–H groups in total. The van der Waals surface area contributed by atoms with E-state index in [0.717, 1.165) is 0 Å². The third kappa shape index (κ3) is 5.67. The summed E-state index contributed by atoms with van der Waals surface area (Å²) in [5, 5.41) is 3.51. The molecule has 1 aromatic carbocycles. The fraction of sp³-hybridized carbons (Fsp3) is 0.385. The largest absolute Gasteiger partial charge is 0.466 e. The van der Waals surface area contributed by atoms with Crippen molar-refractivity contribution < 1.29 is 14.3 Å². The van der Waals surface area contributed by atoms with Crippen molar-refractivity contribution >= 4 is 40.9 Å². The number of esters is 1. The lowest BCUT2D eigenvalue weighted by molar-refractivity contribution is -0.143. The van der Waals surface area contributed by atoms with Crippen LogP contribution in [-0.4, -0.2) is 37.1 Å². The van der Waals surface area contributed by atoms with E-state index in [4.69, 9.17) is 27.9 Å². The van der Waals surface area contributed by atoms with E-state index in [2.05, 4.69) is 5.32 Å². The Morgan fingerprint density at radius 3 is 2.40 bits per heavy atom. The summed E-state index contributed by atoms with van der Waals surface area (Å²) in [6, 6.07) is 4.39. The number of halogens is 2. The molecule has 20 heavy (non-hydrogen) atoms. The predicted molar refractivity (Wildman–Crippen MR) is 79.4 cm³/mol. The number of hydrogen-bond donors (Lipinski definition) is 1. The molecule has 0 atom stereocenters. The molecule has 0 fully saturated rings. The van der Waals surface area contributed by atoms with E-state index < -0.39 is 0 Å². The highest BCUT2D eigenvalue weighted by atomic mass is 35.5. The molecule has 110 valence electrons. The first-order valence-electron chi connectivity index (χ1n) is 6.06. The molecule has 0 aliphatic heterocycles. The number of nitrogens with zero attached hydrogens (tertiary/aromatic N) is 1. The van der Waals surface area contributed by atoms with E-state index >= 15 is 0 Å². The summed E-state index contributed by atoms with van der Waals surface area (Å²) in [7, 11) is 1.58. The van der Waals surface area contributed by atoms with Crippen molar-refractivity contribution in [3.63, 3.8) is 0 Å². The van der Waals surface area contributed by atoms with E-state index in [-0.39, 0.29) is 25.0 Å². The van der Waals surface area contributed by atoms with Gasteiger partial charge in [-0.15, -0.1) is 0 Å². The van der Waals surface area contributed by atoms with Crippen LogP contribution in [0.4, 0.5) is 10.5 Å². The molecule has 0 bridgehead atoms. The summed E-state index contributed by atoms with van der Waals surface area (Å²) in [6.45, 7) is 2.33. The maximum absolute atomic E-state index is 11.9. The quantitative estimate of drug-likeness (QED) is 0.846. The molecule has 0 saturated heterocycles. The van der Waals surface area contributed by atoms with Gasteiger partial charge >= 0.3 is 12.0 Å².